The van der Waals surface area contributed by atoms with E-state index in [0.29, 0.717) is 5.95 Å². The molecule has 0 amide bonds. The molecule has 13 aromatic rings. The largest absolute Gasteiger partial charge is 0.309 e. The van der Waals surface area contributed by atoms with E-state index in [9.17, 15) is 0 Å². The van der Waals surface area contributed by atoms with E-state index >= 15 is 0 Å². The van der Waals surface area contributed by atoms with E-state index in [1.165, 1.54) is 65.3 Å². The number of hydrogen-bond donors (Lipinski definition) is 0. The normalized spacial score (nSPS) is 12.0. The van der Waals surface area contributed by atoms with Gasteiger partial charge in [0.05, 0.1) is 27.6 Å². The van der Waals surface area contributed by atoms with E-state index in [2.05, 4.69) is 191 Å². The Morgan fingerprint density at radius 3 is 1.68 bits per heavy atom. The van der Waals surface area contributed by atoms with E-state index in [0.717, 1.165) is 49.8 Å². The van der Waals surface area contributed by atoms with Crippen LogP contribution in [0.2, 0.25) is 0 Å². The van der Waals surface area contributed by atoms with Gasteiger partial charge in [-0.05, 0) is 98.0 Å². The lowest BCUT2D eigenvalue weighted by Crippen LogP contribution is -2.04. The Morgan fingerprint density at radius 2 is 0.967 bits per heavy atom. The molecule has 0 saturated carbocycles. The number of aromatic nitrogens is 5. The summed E-state index contributed by atoms with van der Waals surface area (Å²) < 4.78 is 4.62. The zero-order valence-electron chi connectivity index (χ0n) is 32.3. The molecular weight excluding hydrogens is 731 g/mol. The molecule has 0 saturated heterocycles. The zero-order chi connectivity index (χ0) is 39.3. The molecule has 0 aliphatic heterocycles. The molecule has 4 heterocycles. The van der Waals surface area contributed by atoms with E-state index in [1.807, 2.05) is 18.3 Å². The standard InChI is InChI=1S/C55H33N5/c1-2-15-37(16-3-1)59-47-24-8-6-17-44(47)51-42-21-10-19-38(40(42)28-30-49(51)59)39-20-11-22-43-41(39)29-31-50-52(43)45-18-7-9-25-48(45)60(50)55-57-46-23-12-32-56-54(46)53(58-55)36-27-26-34-13-4-5-14-35(34)33-36/h1-33H. The highest BCUT2D eigenvalue weighted by Crippen LogP contribution is 2.44. The molecule has 0 unspecified atom stereocenters. The lowest BCUT2D eigenvalue weighted by atomic mass is 9.91. The molecule has 0 bridgehead atoms. The van der Waals surface area contributed by atoms with Crippen molar-refractivity contribution in [3.63, 3.8) is 0 Å². The first-order valence-corrected chi connectivity index (χ1v) is 20.4. The number of nitrogens with zero attached hydrogens (tertiary/aromatic N) is 5. The zero-order valence-corrected chi connectivity index (χ0v) is 32.3. The van der Waals surface area contributed by atoms with Crippen molar-refractivity contribution in [1.29, 1.82) is 0 Å². The summed E-state index contributed by atoms with van der Waals surface area (Å²) in [5.41, 5.74) is 11.5. The monoisotopic (exact) mass is 763 g/mol. The Kier molecular flexibility index (Phi) is 6.95. The summed E-state index contributed by atoms with van der Waals surface area (Å²) in [6.45, 7) is 0. The molecule has 0 atom stereocenters. The summed E-state index contributed by atoms with van der Waals surface area (Å²) in [6.07, 6.45) is 1.82. The fourth-order valence-electron chi connectivity index (χ4n) is 9.78. The fraction of sp³-hybridized carbons (Fsp3) is 0. The summed E-state index contributed by atoms with van der Waals surface area (Å²) in [6, 6.07) is 69.7. The Labute approximate surface area is 344 Å². The van der Waals surface area contributed by atoms with Crippen LogP contribution in [0, 0.1) is 0 Å². The van der Waals surface area contributed by atoms with E-state index in [4.69, 9.17) is 15.0 Å². The minimum Gasteiger partial charge on any atom is -0.309 e. The number of rotatable bonds is 4. The summed E-state index contributed by atoms with van der Waals surface area (Å²) in [5.74, 6) is 0.619. The number of pyridine rings is 1. The van der Waals surface area contributed by atoms with Crippen LogP contribution >= 0.6 is 0 Å². The Bertz CT molecular complexity index is 3900. The highest BCUT2D eigenvalue weighted by molar-refractivity contribution is 6.26. The van der Waals surface area contributed by atoms with Gasteiger partial charge in [-0.3, -0.25) is 9.55 Å². The molecule has 0 spiro atoms. The molecule has 13 rings (SSSR count). The van der Waals surface area contributed by atoms with Crippen LogP contribution in [0.25, 0.3) is 121 Å². The first-order valence-electron chi connectivity index (χ1n) is 20.4. The number of fused-ring (bicyclic) bond motifs is 12. The molecule has 60 heavy (non-hydrogen) atoms. The molecule has 4 aromatic heterocycles. The number of para-hydroxylation sites is 3. The molecule has 0 fully saturated rings. The molecule has 0 aliphatic rings. The minimum absolute atomic E-state index is 0.619. The third-order valence-electron chi connectivity index (χ3n) is 12.4. The summed E-state index contributed by atoms with van der Waals surface area (Å²) in [4.78, 5) is 15.4. The molecule has 0 radical (unpaired) electrons. The molecule has 0 N–H and O–H groups in total. The van der Waals surface area contributed by atoms with Gasteiger partial charge in [-0.2, -0.15) is 0 Å². The van der Waals surface area contributed by atoms with Crippen molar-refractivity contribution in [3.05, 3.63) is 200 Å². The highest BCUT2D eigenvalue weighted by atomic mass is 15.2. The van der Waals surface area contributed by atoms with Gasteiger partial charge in [0.1, 0.15) is 11.2 Å². The van der Waals surface area contributed by atoms with Gasteiger partial charge in [0.2, 0.25) is 5.95 Å². The predicted molar refractivity (Wildman–Crippen MR) is 249 cm³/mol. The molecule has 278 valence electrons. The first-order chi connectivity index (χ1) is 29.8. The quantitative estimate of drug-likeness (QED) is 0.179. The van der Waals surface area contributed by atoms with Gasteiger partial charge in [0.25, 0.3) is 0 Å². The second-order valence-electron chi connectivity index (χ2n) is 15.6. The van der Waals surface area contributed by atoms with Gasteiger partial charge < -0.3 is 4.57 Å². The minimum atomic E-state index is 0.619. The van der Waals surface area contributed by atoms with Crippen molar-refractivity contribution in [2.24, 2.45) is 0 Å². The van der Waals surface area contributed by atoms with Crippen LogP contribution in [0.4, 0.5) is 0 Å². The summed E-state index contributed by atoms with van der Waals surface area (Å²) >= 11 is 0. The van der Waals surface area contributed by atoms with Gasteiger partial charge in [-0.15, -0.1) is 0 Å². The van der Waals surface area contributed by atoms with Crippen LogP contribution < -0.4 is 0 Å². The topological polar surface area (TPSA) is 48.5 Å². The number of benzene rings is 9. The van der Waals surface area contributed by atoms with E-state index < -0.39 is 0 Å². The van der Waals surface area contributed by atoms with E-state index in [-0.39, 0.29) is 0 Å². The van der Waals surface area contributed by atoms with Crippen molar-refractivity contribution < 1.29 is 0 Å². The maximum absolute atomic E-state index is 5.36. The lowest BCUT2D eigenvalue weighted by molar-refractivity contribution is 1.01. The van der Waals surface area contributed by atoms with Gasteiger partial charge in [0.15, 0.2) is 0 Å². The van der Waals surface area contributed by atoms with Crippen molar-refractivity contribution in [1.82, 2.24) is 24.1 Å². The lowest BCUT2D eigenvalue weighted by Gasteiger charge is -2.13. The third kappa shape index (κ3) is 4.71. The highest BCUT2D eigenvalue weighted by Gasteiger charge is 2.21. The van der Waals surface area contributed by atoms with Crippen LogP contribution in [-0.4, -0.2) is 24.1 Å². The average Bonchev–Trinajstić information content (AvgIpc) is 3.84. The van der Waals surface area contributed by atoms with Crippen LogP contribution in [0.5, 0.6) is 0 Å². The van der Waals surface area contributed by atoms with Crippen LogP contribution in [0.15, 0.2) is 200 Å². The molecule has 0 aliphatic carbocycles. The third-order valence-corrected chi connectivity index (χ3v) is 12.4. The maximum Gasteiger partial charge on any atom is 0.235 e. The molecule has 5 nitrogen and oxygen atoms in total. The molecule has 9 aromatic carbocycles. The van der Waals surface area contributed by atoms with Crippen molar-refractivity contribution in [2.45, 2.75) is 0 Å². The van der Waals surface area contributed by atoms with Gasteiger partial charge >= 0.3 is 0 Å². The Balaban J connectivity index is 1.05. The van der Waals surface area contributed by atoms with Crippen molar-refractivity contribution in [2.75, 3.05) is 0 Å². The summed E-state index contributed by atoms with van der Waals surface area (Å²) in [7, 11) is 0. The fourth-order valence-corrected chi connectivity index (χ4v) is 9.78. The van der Waals surface area contributed by atoms with Crippen LogP contribution in [0.1, 0.15) is 0 Å². The first kappa shape index (κ1) is 32.9. The second kappa shape index (κ2) is 12.7. The Hall–Kier alpha value is -8.15. The van der Waals surface area contributed by atoms with Gasteiger partial charge in [0, 0.05) is 39.0 Å². The number of hydrogen-bond acceptors (Lipinski definition) is 3. The summed E-state index contributed by atoms with van der Waals surface area (Å²) in [5, 5.41) is 12.1. The van der Waals surface area contributed by atoms with Crippen molar-refractivity contribution >= 4 is 87.0 Å². The van der Waals surface area contributed by atoms with Gasteiger partial charge in [-0.1, -0.05) is 140 Å². The second-order valence-corrected chi connectivity index (χ2v) is 15.6. The Morgan fingerprint density at radius 1 is 0.367 bits per heavy atom. The average molecular weight is 764 g/mol. The van der Waals surface area contributed by atoms with Crippen LogP contribution in [-0.2, 0) is 0 Å². The molecule has 5 heteroatoms. The van der Waals surface area contributed by atoms with Gasteiger partial charge in [-0.25, -0.2) is 9.97 Å². The SMILES string of the molecule is c1ccc(-n2c3ccccc3c3c4cccc(-c5cccc6c5ccc5c6c6ccccc6n5-c5nc(-c6ccc7ccccc7c6)c6ncccc6n5)c4ccc32)cc1. The van der Waals surface area contributed by atoms with Crippen molar-refractivity contribution in [3.8, 4) is 34.0 Å². The molecular formula is C55H33N5. The van der Waals surface area contributed by atoms with Crippen LogP contribution in [0.3, 0.4) is 0 Å². The van der Waals surface area contributed by atoms with E-state index in [1.54, 1.807) is 0 Å². The smallest absolute Gasteiger partial charge is 0.235 e. The predicted octanol–water partition coefficient (Wildman–Crippen LogP) is 14.0. The maximum atomic E-state index is 5.36.